The van der Waals surface area contributed by atoms with Crippen LogP contribution < -0.4 is 5.32 Å². The lowest BCUT2D eigenvalue weighted by Crippen LogP contribution is -2.09. The molecule has 0 spiro atoms. The van der Waals surface area contributed by atoms with Crippen molar-refractivity contribution >= 4 is 0 Å². The molecule has 0 radical (unpaired) electrons. The third-order valence-electron chi connectivity index (χ3n) is 2.01. The lowest BCUT2D eigenvalue weighted by Gasteiger charge is -2.04. The number of hydrogen-bond acceptors (Lipinski definition) is 2. The Morgan fingerprint density at radius 2 is 2.00 bits per heavy atom. The first-order chi connectivity index (χ1) is 8.08. The number of aliphatic hydroxyl groups is 1. The van der Waals surface area contributed by atoms with Gasteiger partial charge in [0.05, 0.1) is 0 Å². The molecule has 0 heterocycles. The van der Waals surface area contributed by atoms with E-state index in [2.05, 4.69) is 17.2 Å². The number of halogens is 2. The van der Waals surface area contributed by atoms with E-state index in [1.807, 2.05) is 5.92 Å². The number of rotatable bonds is 2. The highest BCUT2D eigenvalue weighted by Gasteiger charge is 2.09. The van der Waals surface area contributed by atoms with Crippen molar-refractivity contribution in [2.24, 2.45) is 0 Å². The average Bonchev–Trinajstić information content (AvgIpc) is 2.30. The molecule has 4 heteroatoms. The fourth-order valence-corrected chi connectivity index (χ4v) is 1.21. The summed E-state index contributed by atoms with van der Waals surface area (Å²) < 4.78 is 26.9. The summed E-state index contributed by atoms with van der Waals surface area (Å²) in [7, 11) is 1.59. The second-order valence-corrected chi connectivity index (χ2v) is 3.29. The number of hydrogen-bond donors (Lipinski definition) is 2. The highest BCUT2D eigenvalue weighted by Crippen LogP contribution is 2.14. The van der Waals surface area contributed by atoms with Gasteiger partial charge in [0.1, 0.15) is 11.6 Å². The summed E-state index contributed by atoms with van der Waals surface area (Å²) >= 11 is 0. The van der Waals surface area contributed by atoms with E-state index in [4.69, 9.17) is 11.5 Å². The minimum absolute atomic E-state index is 0.0458. The van der Waals surface area contributed by atoms with Crippen LogP contribution in [-0.2, 0) is 6.54 Å². The Morgan fingerprint density at radius 3 is 2.47 bits per heavy atom. The van der Waals surface area contributed by atoms with E-state index in [-0.39, 0.29) is 17.7 Å². The minimum Gasteiger partial charge on any atom is -0.369 e. The van der Waals surface area contributed by atoms with E-state index in [0.717, 1.165) is 12.1 Å². The molecule has 0 aromatic heterocycles. The fraction of sp³-hybridized carbons (Fsp3) is 0.231. The van der Waals surface area contributed by atoms with Gasteiger partial charge >= 0.3 is 0 Å². The van der Waals surface area contributed by atoms with Crippen molar-refractivity contribution in [3.8, 4) is 24.2 Å². The predicted molar refractivity (Wildman–Crippen MR) is 60.8 cm³/mol. The molecule has 0 saturated heterocycles. The first kappa shape index (κ1) is 13.2. The molecule has 1 aromatic carbocycles. The molecule has 2 N–H and O–H groups in total. The van der Waals surface area contributed by atoms with Crippen molar-refractivity contribution in [1.29, 1.82) is 0 Å². The summed E-state index contributed by atoms with van der Waals surface area (Å²) in [6.45, 7) is 0.0956. The minimum atomic E-state index is -1.24. The molecule has 0 bridgehead atoms. The van der Waals surface area contributed by atoms with Crippen LogP contribution in [0.25, 0.3) is 0 Å². The van der Waals surface area contributed by atoms with Crippen LogP contribution in [0, 0.1) is 35.8 Å². The third kappa shape index (κ3) is 3.57. The van der Waals surface area contributed by atoms with Crippen molar-refractivity contribution in [3.63, 3.8) is 0 Å². The van der Waals surface area contributed by atoms with Crippen molar-refractivity contribution in [2.75, 3.05) is 7.05 Å². The van der Waals surface area contributed by atoms with Crippen LogP contribution in [0.3, 0.4) is 0 Å². The molecule has 0 aliphatic carbocycles. The summed E-state index contributed by atoms with van der Waals surface area (Å²) in [6.07, 6.45) is 3.66. The van der Waals surface area contributed by atoms with Crippen LogP contribution in [0.2, 0.25) is 0 Å². The first-order valence-corrected chi connectivity index (χ1v) is 4.86. The Bertz CT molecular complexity index is 485. The molecule has 1 atom stereocenters. The Labute approximate surface area is 98.7 Å². The summed E-state index contributed by atoms with van der Waals surface area (Å²) in [5.41, 5.74) is 0.0877. The first-order valence-electron chi connectivity index (χ1n) is 4.86. The second-order valence-electron chi connectivity index (χ2n) is 3.29. The van der Waals surface area contributed by atoms with Crippen LogP contribution in [0.5, 0.6) is 0 Å². The molecule has 1 aromatic rings. The van der Waals surface area contributed by atoms with Crippen LogP contribution in [-0.4, -0.2) is 18.3 Å². The third-order valence-corrected chi connectivity index (χ3v) is 2.01. The quantitative estimate of drug-likeness (QED) is 0.750. The topological polar surface area (TPSA) is 32.3 Å². The summed E-state index contributed by atoms with van der Waals surface area (Å²) in [6, 6.07) is 2.21. The average molecular weight is 235 g/mol. The molecular formula is C13H11F2NO. The number of nitrogens with one attached hydrogen (secondary N) is 1. The van der Waals surface area contributed by atoms with E-state index in [0.29, 0.717) is 0 Å². The Balaban J connectivity index is 3.05. The Hall–Kier alpha value is -1.88. The predicted octanol–water partition coefficient (Wildman–Crippen LogP) is 1.03. The van der Waals surface area contributed by atoms with E-state index >= 15 is 0 Å². The van der Waals surface area contributed by atoms with Gasteiger partial charge in [0.15, 0.2) is 6.10 Å². The summed E-state index contributed by atoms with van der Waals surface area (Å²) in [4.78, 5) is 0. The largest absolute Gasteiger partial charge is 0.369 e. The van der Waals surface area contributed by atoms with Gasteiger partial charge in [-0.1, -0.05) is 17.8 Å². The lowest BCUT2D eigenvalue weighted by molar-refractivity contribution is 0.290. The number of terminal acetylenes is 1. The monoisotopic (exact) mass is 235 g/mol. The highest BCUT2D eigenvalue weighted by atomic mass is 19.1. The molecule has 2 nitrogen and oxygen atoms in total. The standard InChI is InChI=1S/C13H11F2NO/c1-3-10(17)5-4-9-6-12(14)11(8-16-2)13(15)7-9/h1,6-7,10,16-17H,8H2,2H3. The fourth-order valence-electron chi connectivity index (χ4n) is 1.21. The molecule has 0 saturated carbocycles. The molecule has 0 aliphatic heterocycles. The van der Waals surface area contributed by atoms with E-state index in [1.54, 1.807) is 7.05 Å². The normalized spacial score (nSPS) is 11.2. The molecule has 0 amide bonds. The van der Waals surface area contributed by atoms with E-state index in [9.17, 15) is 8.78 Å². The van der Waals surface area contributed by atoms with Gasteiger partial charge in [-0.25, -0.2) is 8.78 Å². The zero-order valence-corrected chi connectivity index (χ0v) is 9.22. The second kappa shape index (κ2) is 6.00. The van der Waals surface area contributed by atoms with E-state index < -0.39 is 17.7 Å². The van der Waals surface area contributed by atoms with E-state index in [1.165, 1.54) is 0 Å². The van der Waals surface area contributed by atoms with Gasteiger partial charge in [-0.15, -0.1) is 6.42 Å². The van der Waals surface area contributed by atoms with Crippen LogP contribution in [0.4, 0.5) is 8.78 Å². The Morgan fingerprint density at radius 1 is 1.41 bits per heavy atom. The maximum Gasteiger partial charge on any atom is 0.176 e. The summed E-state index contributed by atoms with van der Waals surface area (Å²) in [5, 5.41) is 11.7. The molecule has 88 valence electrons. The lowest BCUT2D eigenvalue weighted by atomic mass is 10.1. The molecule has 1 unspecified atom stereocenters. The number of benzene rings is 1. The van der Waals surface area contributed by atoms with Crippen molar-refractivity contribution in [1.82, 2.24) is 5.32 Å². The molecular weight excluding hydrogens is 224 g/mol. The maximum absolute atomic E-state index is 13.5. The van der Waals surface area contributed by atoms with Crippen LogP contribution >= 0.6 is 0 Å². The van der Waals surface area contributed by atoms with Gasteiger partial charge in [-0.2, -0.15) is 0 Å². The van der Waals surface area contributed by atoms with Crippen molar-refractivity contribution in [3.05, 3.63) is 34.9 Å². The zero-order valence-electron chi connectivity index (χ0n) is 9.22. The highest BCUT2D eigenvalue weighted by molar-refractivity contribution is 5.39. The summed E-state index contributed by atoms with van der Waals surface area (Å²) in [5.74, 6) is 5.30. The van der Waals surface area contributed by atoms with Crippen LogP contribution in [0.1, 0.15) is 11.1 Å². The zero-order chi connectivity index (χ0) is 12.8. The maximum atomic E-state index is 13.5. The van der Waals surface area contributed by atoms with Gasteiger partial charge in [0, 0.05) is 17.7 Å². The smallest absolute Gasteiger partial charge is 0.176 e. The van der Waals surface area contributed by atoms with Crippen molar-refractivity contribution < 1.29 is 13.9 Å². The van der Waals surface area contributed by atoms with Gasteiger partial charge in [0.25, 0.3) is 0 Å². The van der Waals surface area contributed by atoms with Crippen molar-refractivity contribution in [2.45, 2.75) is 12.6 Å². The van der Waals surface area contributed by atoms with Gasteiger partial charge in [-0.05, 0) is 19.2 Å². The van der Waals surface area contributed by atoms with Crippen LogP contribution in [0.15, 0.2) is 12.1 Å². The van der Waals surface area contributed by atoms with Gasteiger partial charge < -0.3 is 10.4 Å². The molecule has 0 aliphatic rings. The molecule has 0 fully saturated rings. The number of aliphatic hydroxyl groups excluding tert-OH is 1. The van der Waals surface area contributed by atoms with Gasteiger partial charge in [-0.3, -0.25) is 0 Å². The SMILES string of the molecule is C#CC(O)C#Cc1cc(F)c(CNC)c(F)c1. The Kier molecular flexibility index (Phi) is 4.66. The molecule has 17 heavy (non-hydrogen) atoms. The molecule has 1 rings (SSSR count). The van der Waals surface area contributed by atoms with Gasteiger partial charge in [0.2, 0.25) is 0 Å².